The van der Waals surface area contributed by atoms with Crippen LogP contribution in [0.15, 0.2) is 29.1 Å². The smallest absolute Gasteiger partial charge is 0.267 e. The predicted octanol–water partition coefficient (Wildman–Crippen LogP) is 3.38. The van der Waals surface area contributed by atoms with Crippen LogP contribution in [0.1, 0.15) is 43.5 Å². The maximum Gasteiger partial charge on any atom is 0.267 e. The Labute approximate surface area is 114 Å². The topological polar surface area (TPSA) is 37.8 Å². The second-order valence-electron chi connectivity index (χ2n) is 4.95. The van der Waals surface area contributed by atoms with Crippen LogP contribution in [-0.4, -0.2) is 9.78 Å². The number of para-hydroxylation sites is 1. The monoisotopic (exact) mass is 258 g/mol. The number of aromatic amines is 1. The van der Waals surface area contributed by atoms with Crippen LogP contribution in [0, 0.1) is 6.92 Å². The third kappa shape index (κ3) is 2.65. The minimum Gasteiger partial charge on any atom is -0.268 e. The van der Waals surface area contributed by atoms with Crippen molar-refractivity contribution in [3.8, 4) is 5.69 Å². The first kappa shape index (κ1) is 13.7. The first-order valence-electron chi connectivity index (χ1n) is 7.07. The van der Waals surface area contributed by atoms with Gasteiger partial charge in [-0.05, 0) is 37.8 Å². The fraction of sp³-hybridized carbons (Fsp3) is 0.438. The van der Waals surface area contributed by atoms with Crippen molar-refractivity contribution in [1.82, 2.24) is 9.78 Å². The van der Waals surface area contributed by atoms with Crippen molar-refractivity contribution in [2.45, 2.75) is 46.5 Å². The molecule has 3 nitrogen and oxygen atoms in total. The van der Waals surface area contributed by atoms with Crippen molar-refractivity contribution in [1.29, 1.82) is 0 Å². The van der Waals surface area contributed by atoms with Crippen LogP contribution in [0.5, 0.6) is 0 Å². The van der Waals surface area contributed by atoms with Gasteiger partial charge in [0.05, 0.1) is 5.69 Å². The van der Waals surface area contributed by atoms with E-state index in [1.165, 1.54) is 5.56 Å². The number of nitrogens with zero attached hydrogens (tertiary/aromatic N) is 1. The zero-order valence-corrected chi connectivity index (χ0v) is 12.0. The Bertz CT molecular complexity index is 607. The summed E-state index contributed by atoms with van der Waals surface area (Å²) >= 11 is 0. The fourth-order valence-corrected chi connectivity index (χ4v) is 2.51. The van der Waals surface area contributed by atoms with Crippen LogP contribution in [-0.2, 0) is 12.8 Å². The molecule has 0 amide bonds. The number of aromatic nitrogens is 2. The van der Waals surface area contributed by atoms with Crippen LogP contribution >= 0.6 is 0 Å². The summed E-state index contributed by atoms with van der Waals surface area (Å²) in [5, 5.41) is 2.99. The molecule has 0 radical (unpaired) electrons. The molecule has 0 fully saturated rings. The highest BCUT2D eigenvalue weighted by atomic mass is 16.1. The van der Waals surface area contributed by atoms with Crippen LogP contribution in [0.25, 0.3) is 5.69 Å². The van der Waals surface area contributed by atoms with Crippen LogP contribution in [0.4, 0.5) is 0 Å². The van der Waals surface area contributed by atoms with Crippen LogP contribution in [0.2, 0.25) is 0 Å². The molecule has 19 heavy (non-hydrogen) atoms. The molecular weight excluding hydrogens is 236 g/mol. The highest BCUT2D eigenvalue weighted by Gasteiger charge is 2.14. The standard InChI is InChI=1S/C16H22N2O/c1-4-6-10-13-14(5-2)18(17-16(13)19)15-11-8-7-9-12(15)3/h7-9,11H,4-6,10H2,1-3H3,(H,17,19). The number of H-pyrrole nitrogens is 1. The van der Waals surface area contributed by atoms with Crippen molar-refractivity contribution in [2.75, 3.05) is 0 Å². The quantitative estimate of drug-likeness (QED) is 0.877. The van der Waals surface area contributed by atoms with E-state index in [2.05, 4.69) is 31.9 Å². The van der Waals surface area contributed by atoms with E-state index in [1.54, 1.807) is 0 Å². The molecule has 1 heterocycles. The summed E-state index contributed by atoms with van der Waals surface area (Å²) in [6.45, 7) is 6.32. The minimum absolute atomic E-state index is 0.0635. The predicted molar refractivity (Wildman–Crippen MR) is 79.1 cm³/mol. The second-order valence-corrected chi connectivity index (χ2v) is 4.95. The summed E-state index contributed by atoms with van der Waals surface area (Å²) in [7, 11) is 0. The first-order chi connectivity index (χ1) is 9.19. The van der Waals surface area contributed by atoms with E-state index >= 15 is 0 Å². The lowest BCUT2D eigenvalue weighted by molar-refractivity contribution is 0.770. The largest absolute Gasteiger partial charge is 0.268 e. The Balaban J connectivity index is 2.53. The van der Waals surface area contributed by atoms with Gasteiger partial charge in [-0.15, -0.1) is 0 Å². The Kier molecular flexibility index (Phi) is 4.25. The third-order valence-electron chi connectivity index (χ3n) is 3.58. The van der Waals surface area contributed by atoms with Gasteiger partial charge in [-0.2, -0.15) is 0 Å². The second kappa shape index (κ2) is 5.91. The minimum atomic E-state index is 0.0635. The molecule has 1 aromatic heterocycles. The molecule has 3 heteroatoms. The van der Waals surface area contributed by atoms with Gasteiger partial charge in [-0.1, -0.05) is 38.5 Å². The maximum atomic E-state index is 12.1. The number of aryl methyl sites for hydroxylation is 1. The average molecular weight is 258 g/mol. The highest BCUT2D eigenvalue weighted by Crippen LogP contribution is 2.17. The summed E-state index contributed by atoms with van der Waals surface area (Å²) < 4.78 is 1.96. The van der Waals surface area contributed by atoms with Gasteiger partial charge in [-0.3, -0.25) is 14.6 Å². The molecule has 2 rings (SSSR count). The lowest BCUT2D eigenvalue weighted by Gasteiger charge is -2.10. The Morgan fingerprint density at radius 3 is 2.58 bits per heavy atom. The molecule has 1 aromatic carbocycles. The van der Waals surface area contributed by atoms with Crippen LogP contribution < -0.4 is 5.56 Å². The number of hydrogen-bond acceptors (Lipinski definition) is 1. The number of benzene rings is 1. The van der Waals surface area contributed by atoms with Crippen molar-refractivity contribution in [2.24, 2.45) is 0 Å². The molecular formula is C16H22N2O. The van der Waals surface area contributed by atoms with E-state index in [0.717, 1.165) is 42.6 Å². The molecule has 0 aliphatic heterocycles. The van der Waals surface area contributed by atoms with Crippen LogP contribution in [0.3, 0.4) is 0 Å². The molecule has 0 atom stereocenters. The Hall–Kier alpha value is -1.77. The van der Waals surface area contributed by atoms with E-state index in [0.29, 0.717) is 0 Å². The average Bonchev–Trinajstić information content (AvgIpc) is 2.73. The Morgan fingerprint density at radius 2 is 1.95 bits per heavy atom. The van der Waals surface area contributed by atoms with Crippen molar-refractivity contribution < 1.29 is 0 Å². The van der Waals surface area contributed by atoms with E-state index in [9.17, 15) is 4.79 Å². The number of hydrogen-bond donors (Lipinski definition) is 1. The first-order valence-corrected chi connectivity index (χ1v) is 7.07. The number of unbranched alkanes of at least 4 members (excludes halogenated alkanes) is 1. The number of nitrogens with one attached hydrogen (secondary N) is 1. The molecule has 0 spiro atoms. The Morgan fingerprint density at radius 1 is 1.21 bits per heavy atom. The van der Waals surface area contributed by atoms with Crippen molar-refractivity contribution >= 4 is 0 Å². The zero-order valence-electron chi connectivity index (χ0n) is 12.0. The van der Waals surface area contributed by atoms with Gasteiger partial charge in [-0.25, -0.2) is 0 Å². The summed E-state index contributed by atoms with van der Waals surface area (Å²) in [5.41, 5.74) is 4.37. The molecule has 102 valence electrons. The molecule has 2 aromatic rings. The fourth-order valence-electron chi connectivity index (χ4n) is 2.51. The molecule has 0 saturated carbocycles. The van der Waals surface area contributed by atoms with Gasteiger partial charge in [0.25, 0.3) is 5.56 Å². The molecule has 0 saturated heterocycles. The van der Waals surface area contributed by atoms with E-state index < -0.39 is 0 Å². The normalized spacial score (nSPS) is 10.9. The van der Waals surface area contributed by atoms with E-state index in [1.807, 2.05) is 22.9 Å². The maximum absolute atomic E-state index is 12.1. The summed E-state index contributed by atoms with van der Waals surface area (Å²) in [4.78, 5) is 12.1. The third-order valence-corrected chi connectivity index (χ3v) is 3.58. The van der Waals surface area contributed by atoms with E-state index in [-0.39, 0.29) is 5.56 Å². The number of rotatable bonds is 5. The summed E-state index contributed by atoms with van der Waals surface area (Å²) in [6, 6.07) is 8.14. The molecule has 0 bridgehead atoms. The van der Waals surface area contributed by atoms with Gasteiger partial charge < -0.3 is 0 Å². The molecule has 0 aliphatic carbocycles. The molecule has 0 aliphatic rings. The van der Waals surface area contributed by atoms with Crippen molar-refractivity contribution in [3.05, 3.63) is 51.4 Å². The molecule has 1 N–H and O–H groups in total. The lowest BCUT2D eigenvalue weighted by Crippen LogP contribution is -2.07. The highest BCUT2D eigenvalue weighted by molar-refractivity contribution is 5.41. The van der Waals surface area contributed by atoms with Gasteiger partial charge >= 0.3 is 0 Å². The van der Waals surface area contributed by atoms with Gasteiger partial charge in [0, 0.05) is 11.3 Å². The van der Waals surface area contributed by atoms with Gasteiger partial charge in [0.1, 0.15) is 0 Å². The lowest BCUT2D eigenvalue weighted by atomic mass is 10.1. The van der Waals surface area contributed by atoms with Gasteiger partial charge in [0.15, 0.2) is 0 Å². The summed E-state index contributed by atoms with van der Waals surface area (Å²) in [6.07, 6.45) is 3.91. The van der Waals surface area contributed by atoms with Gasteiger partial charge in [0.2, 0.25) is 0 Å². The van der Waals surface area contributed by atoms with Crippen molar-refractivity contribution in [3.63, 3.8) is 0 Å². The summed E-state index contributed by atoms with van der Waals surface area (Å²) in [5.74, 6) is 0. The van der Waals surface area contributed by atoms with E-state index in [4.69, 9.17) is 0 Å². The SMILES string of the molecule is CCCCc1c(CC)n(-c2ccccc2C)[nH]c1=O. The molecule has 0 unspecified atom stereocenters. The zero-order chi connectivity index (χ0) is 13.8.